The van der Waals surface area contributed by atoms with Crippen molar-refractivity contribution in [1.29, 1.82) is 0 Å². The molecule has 2 nitrogen and oxygen atoms in total. The standard InChI is InChI=1S/C44H26O2/c1-2-14-28(15-3-1)39-43-38(26-25-37-42(43)35-22-10-11-24-36(35)45-37)46-44(39)41-33-20-8-6-18-31(33)40(32-19-7-9-21-34(32)41)30-23-12-16-27-13-4-5-17-29(27)30/h1-26H/i4D,5D,6D,7D,8D,9D,12D,13D,16D,17D,18D,19D,20D,21D,23D. The number of furan rings is 2. The predicted molar refractivity (Wildman–Crippen MR) is 192 cm³/mol. The van der Waals surface area contributed by atoms with Crippen LogP contribution in [0.15, 0.2) is 166 Å². The van der Waals surface area contributed by atoms with Gasteiger partial charge in [-0.15, -0.1) is 0 Å². The zero-order chi connectivity index (χ0) is 43.2. The van der Waals surface area contributed by atoms with Crippen LogP contribution < -0.4 is 0 Å². The molecule has 2 heteroatoms. The molecule has 2 aromatic heterocycles. The summed E-state index contributed by atoms with van der Waals surface area (Å²) in [5.74, 6) is -0.0175. The lowest BCUT2D eigenvalue weighted by atomic mass is 9.85. The lowest BCUT2D eigenvalue weighted by Gasteiger charge is -2.18. The summed E-state index contributed by atoms with van der Waals surface area (Å²) < 4.78 is 149. The fraction of sp³-hybridized carbons (Fsp3) is 0. The Morgan fingerprint density at radius 1 is 0.391 bits per heavy atom. The van der Waals surface area contributed by atoms with E-state index in [0.29, 0.717) is 38.6 Å². The molecule has 0 atom stereocenters. The molecule has 0 saturated heterocycles. The number of fused-ring (bicyclic) bond motifs is 8. The second-order valence-electron chi connectivity index (χ2n) is 10.8. The quantitative estimate of drug-likeness (QED) is 0.188. The van der Waals surface area contributed by atoms with Crippen molar-refractivity contribution in [3.8, 4) is 33.6 Å². The SMILES string of the molecule is [2H]c1c([2H])c([2H])c2c(-c3c4c([2H])c([2H])c([2H])c([2H])c4c(-c4oc5ccc6oc7ccccc7c6c5c4-c4ccccc4)c4c([2H])c([2H])c([2H])c([2H])c34)c([2H])c([2H])c([2H])c2c1[2H]. The van der Waals surface area contributed by atoms with Crippen molar-refractivity contribution in [3.63, 3.8) is 0 Å². The summed E-state index contributed by atoms with van der Waals surface area (Å²) in [6.45, 7) is 0. The Hall–Kier alpha value is -6.12. The molecule has 214 valence electrons. The highest BCUT2D eigenvalue weighted by atomic mass is 16.3. The molecule has 0 fully saturated rings. The van der Waals surface area contributed by atoms with E-state index in [1.165, 1.54) is 0 Å². The molecule has 10 rings (SSSR count). The lowest BCUT2D eigenvalue weighted by molar-refractivity contribution is 0.633. The molecule has 0 aliphatic carbocycles. The molecule has 10 aromatic rings. The van der Waals surface area contributed by atoms with Gasteiger partial charge in [0.2, 0.25) is 0 Å². The van der Waals surface area contributed by atoms with Crippen LogP contribution >= 0.6 is 0 Å². The van der Waals surface area contributed by atoms with Gasteiger partial charge in [0.1, 0.15) is 22.5 Å². The van der Waals surface area contributed by atoms with Crippen LogP contribution in [0.3, 0.4) is 0 Å². The van der Waals surface area contributed by atoms with E-state index in [4.69, 9.17) is 22.5 Å². The molecular weight excluding hydrogens is 560 g/mol. The van der Waals surface area contributed by atoms with Gasteiger partial charge in [0.05, 0.1) is 20.6 Å². The van der Waals surface area contributed by atoms with Crippen molar-refractivity contribution >= 4 is 65.2 Å². The van der Waals surface area contributed by atoms with Crippen molar-refractivity contribution in [2.75, 3.05) is 0 Å². The zero-order valence-corrected chi connectivity index (χ0v) is 23.7. The third-order valence-corrected chi connectivity index (χ3v) is 8.42. The number of hydrogen-bond acceptors (Lipinski definition) is 2. The van der Waals surface area contributed by atoms with Crippen molar-refractivity contribution in [2.24, 2.45) is 0 Å². The van der Waals surface area contributed by atoms with Gasteiger partial charge in [-0.2, -0.15) is 0 Å². The van der Waals surface area contributed by atoms with Crippen molar-refractivity contribution in [1.82, 2.24) is 0 Å². The van der Waals surface area contributed by atoms with E-state index < -0.39 is 113 Å². The van der Waals surface area contributed by atoms with Gasteiger partial charge in [-0.05, 0) is 67.2 Å². The minimum absolute atomic E-state index is 0.0175. The summed E-state index contributed by atoms with van der Waals surface area (Å²) in [6.07, 6.45) is 0. The summed E-state index contributed by atoms with van der Waals surface area (Å²) in [7, 11) is 0. The molecule has 0 unspecified atom stereocenters. The minimum Gasteiger partial charge on any atom is -0.456 e. The van der Waals surface area contributed by atoms with Crippen molar-refractivity contribution < 1.29 is 29.4 Å². The Morgan fingerprint density at radius 2 is 0.978 bits per heavy atom. The molecule has 0 N–H and O–H groups in total. The number of hydrogen-bond donors (Lipinski definition) is 0. The highest BCUT2D eigenvalue weighted by Crippen LogP contribution is 2.51. The van der Waals surface area contributed by atoms with Crippen LogP contribution in [0, 0.1) is 0 Å². The van der Waals surface area contributed by atoms with Gasteiger partial charge in [0.25, 0.3) is 0 Å². The van der Waals surface area contributed by atoms with E-state index in [1.54, 1.807) is 30.3 Å². The summed E-state index contributed by atoms with van der Waals surface area (Å²) in [4.78, 5) is 0. The number of benzene rings is 8. The van der Waals surface area contributed by atoms with E-state index in [9.17, 15) is 6.85 Å². The van der Waals surface area contributed by atoms with Gasteiger partial charge < -0.3 is 8.83 Å². The number of rotatable bonds is 3. The minimum atomic E-state index is -0.778. The van der Waals surface area contributed by atoms with Gasteiger partial charge >= 0.3 is 0 Å². The summed E-state index contributed by atoms with van der Waals surface area (Å²) in [5, 5.41) is -0.220. The van der Waals surface area contributed by atoms with Crippen molar-refractivity contribution in [3.05, 3.63) is 157 Å². The molecule has 0 aliphatic rings. The van der Waals surface area contributed by atoms with Crippen LogP contribution in [-0.4, -0.2) is 0 Å². The van der Waals surface area contributed by atoms with E-state index >= 15 is 0 Å². The lowest BCUT2D eigenvalue weighted by Crippen LogP contribution is -1.92. The smallest absolute Gasteiger partial charge is 0.144 e. The highest BCUT2D eigenvalue weighted by Gasteiger charge is 2.26. The predicted octanol–water partition coefficient (Wildman–Crippen LogP) is 12.8. The van der Waals surface area contributed by atoms with Gasteiger partial charge in [-0.25, -0.2) is 0 Å². The first kappa shape index (κ1) is 14.8. The second-order valence-corrected chi connectivity index (χ2v) is 10.8. The van der Waals surface area contributed by atoms with Crippen molar-refractivity contribution in [2.45, 2.75) is 0 Å². The molecule has 8 aromatic carbocycles. The molecule has 2 heterocycles. The Labute approximate surface area is 285 Å². The fourth-order valence-corrected chi connectivity index (χ4v) is 6.56. The van der Waals surface area contributed by atoms with E-state index in [1.807, 2.05) is 36.4 Å². The fourth-order valence-electron chi connectivity index (χ4n) is 6.56. The molecule has 46 heavy (non-hydrogen) atoms. The van der Waals surface area contributed by atoms with Crippen LogP contribution in [0.2, 0.25) is 0 Å². The summed E-state index contributed by atoms with van der Waals surface area (Å²) in [6, 6.07) is 9.11. The average Bonchev–Trinajstić information content (AvgIpc) is 3.84. The average molecular weight is 602 g/mol. The molecule has 0 radical (unpaired) electrons. The van der Waals surface area contributed by atoms with E-state index in [0.717, 1.165) is 5.39 Å². The Bertz CT molecular complexity index is 3560. The van der Waals surface area contributed by atoms with Gasteiger partial charge in [0, 0.05) is 27.3 Å². The maximum absolute atomic E-state index is 9.55. The van der Waals surface area contributed by atoms with E-state index in [2.05, 4.69) is 0 Å². The molecule has 0 amide bonds. The third kappa shape index (κ3) is 3.53. The van der Waals surface area contributed by atoms with Gasteiger partial charge in [-0.1, -0.05) is 139 Å². The van der Waals surface area contributed by atoms with Crippen LogP contribution in [0.25, 0.3) is 98.8 Å². The van der Waals surface area contributed by atoms with Gasteiger partial charge in [0.15, 0.2) is 0 Å². The maximum atomic E-state index is 9.55. The normalized spacial score (nSPS) is 16.5. The first-order valence-corrected chi connectivity index (χ1v) is 14.5. The molecule has 0 saturated carbocycles. The Balaban J connectivity index is 1.56. The van der Waals surface area contributed by atoms with Crippen LogP contribution in [-0.2, 0) is 0 Å². The third-order valence-electron chi connectivity index (χ3n) is 8.42. The monoisotopic (exact) mass is 601 g/mol. The van der Waals surface area contributed by atoms with Crippen LogP contribution in [0.5, 0.6) is 0 Å². The van der Waals surface area contributed by atoms with Gasteiger partial charge in [-0.3, -0.25) is 0 Å². The molecular formula is C44H26O2. The zero-order valence-electron chi connectivity index (χ0n) is 38.7. The van der Waals surface area contributed by atoms with Crippen LogP contribution in [0.1, 0.15) is 20.6 Å². The van der Waals surface area contributed by atoms with E-state index in [-0.39, 0.29) is 32.9 Å². The van der Waals surface area contributed by atoms with Crippen LogP contribution in [0.4, 0.5) is 0 Å². The summed E-state index contributed by atoms with van der Waals surface area (Å²) >= 11 is 0. The number of para-hydroxylation sites is 1. The Morgan fingerprint density at radius 3 is 1.72 bits per heavy atom. The highest BCUT2D eigenvalue weighted by molar-refractivity contribution is 6.28. The molecule has 0 bridgehead atoms. The Kier molecular flexibility index (Phi) is 3.11. The first-order chi connectivity index (χ1) is 29.1. The maximum Gasteiger partial charge on any atom is 0.144 e. The topological polar surface area (TPSA) is 26.3 Å². The largest absolute Gasteiger partial charge is 0.456 e. The second kappa shape index (κ2) is 9.69. The molecule has 0 spiro atoms. The molecule has 0 aliphatic heterocycles. The first-order valence-electron chi connectivity index (χ1n) is 22.0. The summed E-state index contributed by atoms with van der Waals surface area (Å²) in [5.41, 5.74) is 1.40.